The van der Waals surface area contributed by atoms with E-state index >= 15 is 0 Å². The van der Waals surface area contributed by atoms with Crippen LogP contribution in [-0.4, -0.2) is 37.6 Å². The normalized spacial score (nSPS) is 37.0. The van der Waals surface area contributed by atoms with Crippen molar-refractivity contribution < 1.29 is 0 Å². The van der Waals surface area contributed by atoms with E-state index in [1.807, 2.05) is 0 Å². The Morgan fingerprint density at radius 3 is 2.58 bits per heavy atom. The molecule has 2 aliphatic heterocycles. The van der Waals surface area contributed by atoms with E-state index < -0.39 is 0 Å². The summed E-state index contributed by atoms with van der Waals surface area (Å²) in [5.41, 5.74) is 4.67. The van der Waals surface area contributed by atoms with Gasteiger partial charge in [-0.1, -0.05) is 12.1 Å². The van der Waals surface area contributed by atoms with Crippen molar-refractivity contribution in [1.29, 1.82) is 0 Å². The monoisotopic (exact) mass is 326 g/mol. The Bertz CT molecular complexity index is 596. The van der Waals surface area contributed by atoms with Crippen molar-refractivity contribution in [3.8, 4) is 0 Å². The maximum Gasteiger partial charge on any atom is 0.0401 e. The van der Waals surface area contributed by atoms with Gasteiger partial charge in [-0.25, -0.2) is 0 Å². The fourth-order valence-corrected chi connectivity index (χ4v) is 5.50. The third kappa shape index (κ3) is 2.87. The topological polar surface area (TPSA) is 6.48 Å². The lowest BCUT2D eigenvalue weighted by atomic mass is 9.68. The lowest BCUT2D eigenvalue weighted by Gasteiger charge is -2.46. The molecule has 0 radical (unpaired) electrons. The van der Waals surface area contributed by atoms with Crippen molar-refractivity contribution in [3.05, 3.63) is 29.3 Å². The largest absolute Gasteiger partial charge is 0.372 e. The Hall–Kier alpha value is -1.02. The molecule has 0 N–H and O–H groups in total. The smallest absolute Gasteiger partial charge is 0.0401 e. The van der Waals surface area contributed by atoms with E-state index in [1.54, 1.807) is 11.1 Å². The van der Waals surface area contributed by atoms with Crippen molar-refractivity contribution in [2.45, 2.75) is 70.4 Å². The van der Waals surface area contributed by atoms with E-state index in [2.05, 4.69) is 55.9 Å². The van der Waals surface area contributed by atoms with Crippen molar-refractivity contribution in [2.24, 2.45) is 11.8 Å². The third-order valence-electron chi connectivity index (χ3n) is 7.51. The number of nitrogens with zero attached hydrogens (tertiary/aromatic N) is 2. The maximum absolute atomic E-state index is 2.58. The Morgan fingerprint density at radius 2 is 1.75 bits per heavy atom. The van der Waals surface area contributed by atoms with E-state index in [4.69, 9.17) is 0 Å². The Labute approximate surface area is 148 Å². The van der Waals surface area contributed by atoms with Gasteiger partial charge in [0.15, 0.2) is 0 Å². The number of fused-ring (bicyclic) bond motifs is 2. The Balaban J connectivity index is 1.53. The number of hydrogen-bond acceptors (Lipinski definition) is 2. The summed E-state index contributed by atoms with van der Waals surface area (Å²) in [5.74, 6) is 2.68. The van der Waals surface area contributed by atoms with Gasteiger partial charge in [-0.2, -0.15) is 0 Å². The number of aryl methyl sites for hydroxylation is 1. The molecule has 0 bridgehead atoms. The van der Waals surface area contributed by atoms with Crippen molar-refractivity contribution in [2.75, 3.05) is 25.5 Å². The van der Waals surface area contributed by atoms with Crippen molar-refractivity contribution in [3.63, 3.8) is 0 Å². The van der Waals surface area contributed by atoms with Crippen LogP contribution in [0.4, 0.5) is 5.69 Å². The molecule has 5 unspecified atom stereocenters. The molecule has 1 saturated carbocycles. The second-order valence-electron chi connectivity index (χ2n) is 8.94. The van der Waals surface area contributed by atoms with Crippen LogP contribution in [0.25, 0.3) is 0 Å². The zero-order valence-corrected chi connectivity index (χ0v) is 16.0. The quantitative estimate of drug-likeness (QED) is 0.739. The van der Waals surface area contributed by atoms with Crippen LogP contribution in [0.3, 0.4) is 0 Å². The van der Waals surface area contributed by atoms with Gasteiger partial charge >= 0.3 is 0 Å². The molecule has 1 aliphatic carbocycles. The minimum Gasteiger partial charge on any atom is -0.372 e. The molecule has 0 amide bonds. The number of benzene rings is 1. The second kappa shape index (κ2) is 6.37. The molecule has 0 spiro atoms. The van der Waals surface area contributed by atoms with Crippen LogP contribution in [0.15, 0.2) is 18.2 Å². The van der Waals surface area contributed by atoms with Crippen LogP contribution < -0.4 is 4.90 Å². The number of hydrogen-bond donors (Lipinski definition) is 0. The molecule has 2 heteroatoms. The highest BCUT2D eigenvalue weighted by atomic mass is 15.1. The van der Waals surface area contributed by atoms with Gasteiger partial charge in [0.05, 0.1) is 0 Å². The molecule has 2 heterocycles. The highest BCUT2D eigenvalue weighted by Crippen LogP contribution is 2.45. The third-order valence-corrected chi connectivity index (χ3v) is 7.51. The van der Waals surface area contributed by atoms with Crippen LogP contribution in [-0.2, 0) is 6.42 Å². The van der Waals surface area contributed by atoms with Gasteiger partial charge in [-0.3, -0.25) is 0 Å². The lowest BCUT2D eigenvalue weighted by molar-refractivity contribution is 0.0581. The summed E-state index contributed by atoms with van der Waals surface area (Å²) in [6.07, 6.45) is 8.18. The highest BCUT2D eigenvalue weighted by molar-refractivity contribution is 5.58. The van der Waals surface area contributed by atoms with Crippen LogP contribution in [0.2, 0.25) is 0 Å². The number of rotatable bonds is 1. The molecule has 1 aromatic rings. The zero-order valence-electron chi connectivity index (χ0n) is 16.0. The zero-order chi connectivity index (χ0) is 16.8. The van der Waals surface area contributed by atoms with Gasteiger partial charge in [-0.15, -0.1) is 0 Å². The molecule has 24 heavy (non-hydrogen) atoms. The predicted octanol–water partition coefficient (Wildman–Crippen LogP) is 4.68. The highest BCUT2D eigenvalue weighted by Gasteiger charge is 2.37. The molecule has 3 aliphatic rings. The van der Waals surface area contributed by atoms with E-state index in [1.165, 1.54) is 50.8 Å². The minimum atomic E-state index is 0.679. The van der Waals surface area contributed by atoms with Crippen LogP contribution >= 0.6 is 0 Å². The van der Waals surface area contributed by atoms with Gasteiger partial charge in [0.1, 0.15) is 0 Å². The van der Waals surface area contributed by atoms with Crippen LogP contribution in [0.5, 0.6) is 0 Å². The molecule has 1 saturated heterocycles. The first-order valence-corrected chi connectivity index (χ1v) is 10.1. The summed E-state index contributed by atoms with van der Waals surface area (Å²) < 4.78 is 0. The first-order chi connectivity index (χ1) is 11.5. The summed E-state index contributed by atoms with van der Waals surface area (Å²) in [4.78, 5) is 5.09. The van der Waals surface area contributed by atoms with Crippen molar-refractivity contribution in [1.82, 2.24) is 4.90 Å². The minimum absolute atomic E-state index is 0.679. The standard InChI is InChI=1S/C22H34N2/c1-15-5-6-17-7-8-19(13-22(17)24(15)4)18-9-10-20-14-23(3)16(2)11-21(20)12-18/h7-8,13,15-16,18,20-21H,5-6,9-12,14H2,1-4H3. The number of likely N-dealkylation sites (tertiary alicyclic amines) is 1. The summed E-state index contributed by atoms with van der Waals surface area (Å²) in [7, 11) is 4.59. The Morgan fingerprint density at radius 1 is 0.917 bits per heavy atom. The SMILES string of the molecule is CC1CC2CC(c3ccc4c(c3)N(C)C(C)CC4)CCC2CN1C. The molecule has 1 aromatic carbocycles. The summed E-state index contributed by atoms with van der Waals surface area (Å²) in [6, 6.07) is 8.86. The average molecular weight is 327 g/mol. The molecule has 5 atom stereocenters. The van der Waals surface area contributed by atoms with E-state index in [0.29, 0.717) is 6.04 Å². The van der Waals surface area contributed by atoms with E-state index in [9.17, 15) is 0 Å². The molecule has 4 rings (SSSR count). The van der Waals surface area contributed by atoms with Gasteiger partial charge in [0.2, 0.25) is 0 Å². The molecular formula is C22H34N2. The van der Waals surface area contributed by atoms with Gasteiger partial charge < -0.3 is 9.80 Å². The number of anilines is 1. The maximum atomic E-state index is 2.58. The van der Waals surface area contributed by atoms with Crippen molar-refractivity contribution >= 4 is 5.69 Å². The molecule has 0 aromatic heterocycles. The van der Waals surface area contributed by atoms with E-state index in [-0.39, 0.29) is 0 Å². The number of piperidine rings is 1. The van der Waals surface area contributed by atoms with Gasteiger partial charge in [-0.05, 0) is 94.4 Å². The van der Waals surface area contributed by atoms with E-state index in [0.717, 1.165) is 23.8 Å². The summed E-state index contributed by atoms with van der Waals surface area (Å²) in [6.45, 7) is 6.10. The van der Waals surface area contributed by atoms with Gasteiger partial charge in [0.25, 0.3) is 0 Å². The molecule has 132 valence electrons. The fourth-order valence-electron chi connectivity index (χ4n) is 5.50. The Kier molecular flexibility index (Phi) is 4.36. The van der Waals surface area contributed by atoms with Crippen LogP contribution in [0.1, 0.15) is 63.0 Å². The summed E-state index contributed by atoms with van der Waals surface area (Å²) >= 11 is 0. The fraction of sp³-hybridized carbons (Fsp3) is 0.727. The molecular weight excluding hydrogens is 292 g/mol. The first kappa shape index (κ1) is 16.4. The second-order valence-corrected chi connectivity index (χ2v) is 8.94. The first-order valence-electron chi connectivity index (χ1n) is 10.1. The summed E-state index contributed by atoms with van der Waals surface area (Å²) in [5, 5.41) is 0. The average Bonchev–Trinajstić information content (AvgIpc) is 2.59. The van der Waals surface area contributed by atoms with Crippen LogP contribution in [0, 0.1) is 11.8 Å². The lowest BCUT2D eigenvalue weighted by Crippen LogP contribution is -2.45. The molecule has 2 fully saturated rings. The molecule has 2 nitrogen and oxygen atoms in total. The predicted molar refractivity (Wildman–Crippen MR) is 103 cm³/mol. The van der Waals surface area contributed by atoms with Gasteiger partial charge in [0, 0.05) is 31.4 Å².